The van der Waals surface area contributed by atoms with Crippen LogP contribution < -0.4 is 0 Å². The SMILES string of the molecule is CC(C)N1CC=C(CC(C)(C)C)CC1. The van der Waals surface area contributed by atoms with E-state index in [1.54, 1.807) is 5.57 Å². The third-order valence-electron chi connectivity index (χ3n) is 2.82. The second-order valence-electron chi connectivity index (χ2n) is 5.94. The predicted molar refractivity (Wildman–Crippen MR) is 63.5 cm³/mol. The number of hydrogen-bond acceptors (Lipinski definition) is 1. The van der Waals surface area contributed by atoms with E-state index < -0.39 is 0 Å². The molecule has 0 N–H and O–H groups in total. The molecular formula is C13H25N. The average molecular weight is 195 g/mol. The third-order valence-corrected chi connectivity index (χ3v) is 2.82. The number of nitrogens with zero attached hydrogens (tertiary/aromatic N) is 1. The van der Waals surface area contributed by atoms with Crippen molar-refractivity contribution in [2.75, 3.05) is 13.1 Å². The normalized spacial score (nSPS) is 20.0. The van der Waals surface area contributed by atoms with E-state index in [4.69, 9.17) is 0 Å². The standard InChI is InChI=1S/C13H25N/c1-11(2)14-8-6-12(7-9-14)10-13(3,4)5/h6,11H,7-10H2,1-5H3. The molecule has 0 aromatic carbocycles. The molecule has 1 rings (SSSR count). The van der Waals surface area contributed by atoms with Crippen molar-refractivity contribution >= 4 is 0 Å². The third kappa shape index (κ3) is 3.83. The molecule has 0 fully saturated rings. The molecule has 0 atom stereocenters. The Balaban J connectivity index is 2.45. The molecule has 1 heterocycles. The minimum Gasteiger partial charge on any atom is -0.297 e. The van der Waals surface area contributed by atoms with Crippen LogP contribution in [0.5, 0.6) is 0 Å². The van der Waals surface area contributed by atoms with Crippen LogP contribution in [-0.2, 0) is 0 Å². The molecule has 0 saturated heterocycles. The van der Waals surface area contributed by atoms with Crippen molar-refractivity contribution < 1.29 is 0 Å². The molecule has 0 amide bonds. The fourth-order valence-electron chi connectivity index (χ4n) is 2.04. The molecular weight excluding hydrogens is 170 g/mol. The molecule has 1 aliphatic heterocycles. The van der Waals surface area contributed by atoms with E-state index in [2.05, 4.69) is 45.6 Å². The van der Waals surface area contributed by atoms with Crippen molar-refractivity contribution in [3.63, 3.8) is 0 Å². The molecule has 14 heavy (non-hydrogen) atoms. The van der Waals surface area contributed by atoms with Crippen LogP contribution in [0.3, 0.4) is 0 Å². The molecule has 0 unspecified atom stereocenters. The van der Waals surface area contributed by atoms with Crippen molar-refractivity contribution in [3.05, 3.63) is 11.6 Å². The van der Waals surface area contributed by atoms with Crippen LogP contribution in [0.2, 0.25) is 0 Å². The molecule has 0 bridgehead atoms. The largest absolute Gasteiger partial charge is 0.297 e. The minimum absolute atomic E-state index is 0.450. The van der Waals surface area contributed by atoms with E-state index in [9.17, 15) is 0 Å². The lowest BCUT2D eigenvalue weighted by molar-refractivity contribution is 0.234. The Morgan fingerprint density at radius 3 is 2.36 bits per heavy atom. The summed E-state index contributed by atoms with van der Waals surface area (Å²) >= 11 is 0. The molecule has 0 aliphatic carbocycles. The van der Waals surface area contributed by atoms with Crippen LogP contribution in [0.25, 0.3) is 0 Å². The Hall–Kier alpha value is -0.300. The topological polar surface area (TPSA) is 3.24 Å². The summed E-state index contributed by atoms with van der Waals surface area (Å²) in [5.74, 6) is 0. The van der Waals surface area contributed by atoms with Crippen molar-refractivity contribution in [2.45, 2.75) is 53.5 Å². The van der Waals surface area contributed by atoms with Gasteiger partial charge in [0, 0.05) is 19.1 Å². The summed E-state index contributed by atoms with van der Waals surface area (Å²) in [6.45, 7) is 13.9. The van der Waals surface area contributed by atoms with Crippen LogP contribution in [0.1, 0.15) is 47.5 Å². The summed E-state index contributed by atoms with van der Waals surface area (Å²) in [4.78, 5) is 2.53. The van der Waals surface area contributed by atoms with Gasteiger partial charge in [-0.1, -0.05) is 32.4 Å². The first-order valence-corrected chi connectivity index (χ1v) is 5.80. The summed E-state index contributed by atoms with van der Waals surface area (Å²) in [5.41, 5.74) is 2.11. The molecule has 1 heteroatoms. The smallest absolute Gasteiger partial charge is 0.0168 e. The Kier molecular flexibility index (Phi) is 3.77. The molecule has 0 saturated carbocycles. The number of hydrogen-bond donors (Lipinski definition) is 0. The highest BCUT2D eigenvalue weighted by Gasteiger charge is 2.18. The van der Waals surface area contributed by atoms with Gasteiger partial charge in [-0.05, 0) is 32.1 Å². The van der Waals surface area contributed by atoms with Gasteiger partial charge in [0.05, 0.1) is 0 Å². The maximum Gasteiger partial charge on any atom is 0.0168 e. The van der Waals surface area contributed by atoms with Gasteiger partial charge in [0.1, 0.15) is 0 Å². The molecule has 0 spiro atoms. The molecule has 0 aromatic rings. The lowest BCUT2D eigenvalue weighted by Crippen LogP contribution is -2.35. The summed E-state index contributed by atoms with van der Waals surface area (Å²) < 4.78 is 0. The second kappa shape index (κ2) is 4.48. The first-order valence-electron chi connectivity index (χ1n) is 5.80. The monoisotopic (exact) mass is 195 g/mol. The Morgan fingerprint density at radius 2 is 2.00 bits per heavy atom. The molecule has 0 aromatic heterocycles. The van der Waals surface area contributed by atoms with E-state index in [-0.39, 0.29) is 0 Å². The zero-order chi connectivity index (χ0) is 10.8. The first-order chi connectivity index (χ1) is 6.38. The van der Waals surface area contributed by atoms with Crippen LogP contribution in [-0.4, -0.2) is 24.0 Å². The van der Waals surface area contributed by atoms with Crippen LogP contribution in [0.4, 0.5) is 0 Å². The zero-order valence-electron chi connectivity index (χ0n) is 10.4. The van der Waals surface area contributed by atoms with Gasteiger partial charge >= 0.3 is 0 Å². The molecule has 0 radical (unpaired) electrons. The molecule has 82 valence electrons. The number of rotatable bonds is 2. The van der Waals surface area contributed by atoms with E-state index in [1.807, 2.05) is 0 Å². The van der Waals surface area contributed by atoms with Gasteiger partial charge < -0.3 is 0 Å². The maximum absolute atomic E-state index is 2.53. The fraction of sp³-hybridized carbons (Fsp3) is 0.846. The highest BCUT2D eigenvalue weighted by molar-refractivity contribution is 5.09. The first kappa shape index (κ1) is 11.8. The van der Waals surface area contributed by atoms with Crippen molar-refractivity contribution in [1.82, 2.24) is 4.90 Å². The highest BCUT2D eigenvalue weighted by atomic mass is 15.1. The summed E-state index contributed by atoms with van der Waals surface area (Å²) in [6, 6.07) is 0.697. The lowest BCUT2D eigenvalue weighted by atomic mass is 9.85. The fourth-order valence-corrected chi connectivity index (χ4v) is 2.04. The van der Waals surface area contributed by atoms with E-state index in [0.717, 1.165) is 6.54 Å². The van der Waals surface area contributed by atoms with Gasteiger partial charge in [0.2, 0.25) is 0 Å². The van der Waals surface area contributed by atoms with E-state index in [0.29, 0.717) is 11.5 Å². The van der Waals surface area contributed by atoms with Crippen molar-refractivity contribution in [3.8, 4) is 0 Å². The van der Waals surface area contributed by atoms with Gasteiger partial charge in [-0.25, -0.2) is 0 Å². The Bertz CT molecular complexity index is 208. The molecule has 1 aliphatic rings. The van der Waals surface area contributed by atoms with Gasteiger partial charge in [-0.15, -0.1) is 0 Å². The van der Waals surface area contributed by atoms with Gasteiger partial charge in [0.15, 0.2) is 0 Å². The van der Waals surface area contributed by atoms with Crippen molar-refractivity contribution in [1.29, 1.82) is 0 Å². The lowest BCUT2D eigenvalue weighted by Gasteiger charge is -2.31. The summed E-state index contributed by atoms with van der Waals surface area (Å²) in [5, 5.41) is 0. The average Bonchev–Trinajstić information content (AvgIpc) is 2.02. The van der Waals surface area contributed by atoms with Gasteiger partial charge in [-0.3, -0.25) is 4.90 Å². The van der Waals surface area contributed by atoms with Crippen LogP contribution in [0.15, 0.2) is 11.6 Å². The second-order valence-corrected chi connectivity index (χ2v) is 5.94. The van der Waals surface area contributed by atoms with Crippen LogP contribution in [0, 0.1) is 5.41 Å². The van der Waals surface area contributed by atoms with Gasteiger partial charge in [-0.2, -0.15) is 0 Å². The Morgan fingerprint density at radius 1 is 1.36 bits per heavy atom. The highest BCUT2D eigenvalue weighted by Crippen LogP contribution is 2.27. The Labute approximate surface area is 89.2 Å². The summed E-state index contributed by atoms with van der Waals surface area (Å²) in [7, 11) is 0. The zero-order valence-corrected chi connectivity index (χ0v) is 10.4. The molecule has 1 nitrogen and oxygen atoms in total. The predicted octanol–water partition coefficient (Wildman–Crippen LogP) is 3.46. The summed E-state index contributed by atoms with van der Waals surface area (Å²) in [6.07, 6.45) is 4.98. The maximum atomic E-state index is 2.53. The van der Waals surface area contributed by atoms with Crippen LogP contribution >= 0.6 is 0 Å². The minimum atomic E-state index is 0.450. The van der Waals surface area contributed by atoms with E-state index in [1.165, 1.54) is 19.4 Å². The van der Waals surface area contributed by atoms with Crippen molar-refractivity contribution in [2.24, 2.45) is 5.41 Å². The van der Waals surface area contributed by atoms with Gasteiger partial charge in [0.25, 0.3) is 0 Å². The quantitative estimate of drug-likeness (QED) is 0.610. The van der Waals surface area contributed by atoms with E-state index >= 15 is 0 Å².